The van der Waals surface area contributed by atoms with Crippen molar-refractivity contribution in [2.45, 2.75) is 11.3 Å². The van der Waals surface area contributed by atoms with Crippen LogP contribution in [0.4, 0.5) is 10.1 Å². The molecule has 0 radical (unpaired) electrons. The molecule has 2 aromatic rings. The van der Waals surface area contributed by atoms with Crippen molar-refractivity contribution in [2.24, 2.45) is 5.73 Å². The number of hydrogen-bond acceptors (Lipinski definition) is 3. The lowest BCUT2D eigenvalue weighted by atomic mass is 10.2. The second kappa shape index (κ2) is 6.43. The summed E-state index contributed by atoms with van der Waals surface area (Å²) in [6.45, 7) is 0.494. The van der Waals surface area contributed by atoms with E-state index in [1.54, 1.807) is 12.1 Å². The Labute approximate surface area is 127 Å². The number of benzene rings is 2. The fourth-order valence-electron chi connectivity index (χ4n) is 1.78. The van der Waals surface area contributed by atoms with Crippen molar-refractivity contribution in [2.75, 3.05) is 11.3 Å². The molecule has 2 aromatic carbocycles. The van der Waals surface area contributed by atoms with Crippen molar-refractivity contribution < 1.29 is 12.8 Å². The molecule has 0 atom stereocenters. The molecule has 112 valence electrons. The highest BCUT2D eigenvalue weighted by atomic mass is 35.5. The standard InChI is InChI=1S/C14H14ClFN2O2S/c15-13-6-3-11(9-14(13)16)18-21(19,20)12-4-1-10(2-5-12)7-8-17/h1-6,9,18H,7-8,17H2. The van der Waals surface area contributed by atoms with Crippen molar-refractivity contribution in [1.29, 1.82) is 0 Å². The van der Waals surface area contributed by atoms with Crippen LogP contribution in [0.5, 0.6) is 0 Å². The van der Waals surface area contributed by atoms with Crippen molar-refractivity contribution in [3.8, 4) is 0 Å². The van der Waals surface area contributed by atoms with Crippen LogP contribution in [-0.2, 0) is 16.4 Å². The SMILES string of the molecule is NCCc1ccc(S(=O)(=O)Nc2ccc(Cl)c(F)c2)cc1. The molecule has 0 heterocycles. The molecule has 0 saturated carbocycles. The van der Waals surface area contributed by atoms with Crippen LogP contribution in [0.2, 0.25) is 5.02 Å². The molecule has 0 aromatic heterocycles. The van der Waals surface area contributed by atoms with Gasteiger partial charge in [-0.15, -0.1) is 0 Å². The van der Waals surface area contributed by atoms with Crippen LogP contribution in [0.25, 0.3) is 0 Å². The summed E-state index contributed by atoms with van der Waals surface area (Å²) in [6, 6.07) is 10.1. The summed E-state index contributed by atoms with van der Waals surface area (Å²) in [5.41, 5.74) is 6.50. The van der Waals surface area contributed by atoms with Crippen LogP contribution in [0.15, 0.2) is 47.4 Å². The van der Waals surface area contributed by atoms with Gasteiger partial charge >= 0.3 is 0 Å². The van der Waals surface area contributed by atoms with Crippen LogP contribution in [-0.4, -0.2) is 15.0 Å². The Morgan fingerprint density at radius 2 is 1.81 bits per heavy atom. The van der Waals surface area contributed by atoms with Crippen LogP contribution >= 0.6 is 11.6 Å². The summed E-state index contributed by atoms with van der Waals surface area (Å²) in [6.07, 6.45) is 0.677. The monoisotopic (exact) mass is 328 g/mol. The largest absolute Gasteiger partial charge is 0.330 e. The molecule has 0 saturated heterocycles. The second-order valence-electron chi connectivity index (χ2n) is 4.42. The molecular weight excluding hydrogens is 315 g/mol. The Kier molecular flexibility index (Phi) is 4.82. The number of halogens is 2. The van der Waals surface area contributed by atoms with E-state index in [4.69, 9.17) is 17.3 Å². The van der Waals surface area contributed by atoms with Crippen molar-refractivity contribution in [3.05, 3.63) is 58.9 Å². The Balaban J connectivity index is 2.23. The maximum atomic E-state index is 13.3. The highest BCUT2D eigenvalue weighted by molar-refractivity contribution is 7.92. The molecule has 0 aliphatic carbocycles. The maximum Gasteiger partial charge on any atom is 0.261 e. The molecule has 21 heavy (non-hydrogen) atoms. The molecule has 7 heteroatoms. The first kappa shape index (κ1) is 15.8. The van der Waals surface area contributed by atoms with Gasteiger partial charge < -0.3 is 5.73 Å². The topological polar surface area (TPSA) is 72.2 Å². The highest BCUT2D eigenvalue weighted by Crippen LogP contribution is 2.21. The fraction of sp³-hybridized carbons (Fsp3) is 0.143. The second-order valence-corrected chi connectivity index (χ2v) is 6.51. The van der Waals surface area contributed by atoms with Gasteiger partial charge in [-0.05, 0) is 48.9 Å². The fourth-order valence-corrected chi connectivity index (χ4v) is 2.94. The van der Waals surface area contributed by atoms with Gasteiger partial charge in [0.15, 0.2) is 0 Å². The number of sulfonamides is 1. The maximum absolute atomic E-state index is 13.3. The zero-order chi connectivity index (χ0) is 15.5. The molecular formula is C14H14ClFN2O2S. The van der Waals surface area contributed by atoms with Crippen LogP contribution in [0.3, 0.4) is 0 Å². The smallest absolute Gasteiger partial charge is 0.261 e. The van der Waals surface area contributed by atoms with E-state index in [0.717, 1.165) is 11.6 Å². The van der Waals surface area contributed by atoms with E-state index < -0.39 is 15.8 Å². The predicted octanol–water partition coefficient (Wildman–Crippen LogP) is 2.78. The van der Waals surface area contributed by atoms with E-state index in [1.807, 2.05) is 0 Å². The summed E-state index contributed by atoms with van der Waals surface area (Å²) < 4.78 is 40.0. The number of hydrogen-bond donors (Lipinski definition) is 2. The minimum Gasteiger partial charge on any atom is -0.330 e. The van der Waals surface area contributed by atoms with Gasteiger partial charge in [0, 0.05) is 0 Å². The average Bonchev–Trinajstić information content (AvgIpc) is 2.44. The molecule has 0 fully saturated rings. The van der Waals surface area contributed by atoms with E-state index in [9.17, 15) is 12.8 Å². The molecule has 0 spiro atoms. The molecule has 0 bridgehead atoms. The van der Waals surface area contributed by atoms with E-state index >= 15 is 0 Å². The molecule has 0 unspecified atom stereocenters. The summed E-state index contributed by atoms with van der Waals surface area (Å²) in [5, 5.41) is -0.0657. The van der Waals surface area contributed by atoms with Gasteiger partial charge in [-0.3, -0.25) is 4.72 Å². The highest BCUT2D eigenvalue weighted by Gasteiger charge is 2.14. The third kappa shape index (κ3) is 3.93. The van der Waals surface area contributed by atoms with Gasteiger partial charge in [0.1, 0.15) is 5.82 Å². The van der Waals surface area contributed by atoms with E-state index in [2.05, 4.69) is 4.72 Å². The van der Waals surface area contributed by atoms with Gasteiger partial charge in [-0.25, -0.2) is 12.8 Å². The number of nitrogens with one attached hydrogen (secondary N) is 1. The third-order valence-electron chi connectivity index (χ3n) is 2.84. The van der Waals surface area contributed by atoms with E-state index in [-0.39, 0.29) is 15.6 Å². The van der Waals surface area contributed by atoms with Crippen LogP contribution in [0, 0.1) is 5.82 Å². The normalized spacial score (nSPS) is 11.4. The zero-order valence-electron chi connectivity index (χ0n) is 11.0. The predicted molar refractivity (Wildman–Crippen MR) is 81.4 cm³/mol. The lowest BCUT2D eigenvalue weighted by Crippen LogP contribution is -2.13. The summed E-state index contributed by atoms with van der Waals surface area (Å²) in [4.78, 5) is 0.0960. The minimum absolute atomic E-state index is 0.0657. The number of anilines is 1. The Morgan fingerprint density at radius 3 is 2.38 bits per heavy atom. The van der Waals surface area contributed by atoms with Gasteiger partial charge in [0.2, 0.25) is 0 Å². The Bertz CT molecular complexity index is 733. The van der Waals surface area contributed by atoms with Gasteiger partial charge in [0.05, 0.1) is 15.6 Å². The van der Waals surface area contributed by atoms with Crippen molar-refractivity contribution >= 4 is 27.3 Å². The zero-order valence-corrected chi connectivity index (χ0v) is 12.6. The van der Waals surface area contributed by atoms with Crippen LogP contribution < -0.4 is 10.5 Å². The number of nitrogens with two attached hydrogens (primary N) is 1. The average molecular weight is 329 g/mol. The van der Waals surface area contributed by atoms with Crippen molar-refractivity contribution in [1.82, 2.24) is 0 Å². The molecule has 0 amide bonds. The van der Waals surface area contributed by atoms with Gasteiger partial charge in [-0.1, -0.05) is 23.7 Å². The summed E-state index contributed by atoms with van der Waals surface area (Å²) in [7, 11) is -3.77. The molecule has 0 aliphatic rings. The number of rotatable bonds is 5. The minimum atomic E-state index is -3.77. The molecule has 2 rings (SSSR count). The quantitative estimate of drug-likeness (QED) is 0.886. The van der Waals surface area contributed by atoms with Crippen molar-refractivity contribution in [3.63, 3.8) is 0 Å². The van der Waals surface area contributed by atoms with Gasteiger partial charge in [-0.2, -0.15) is 0 Å². The first-order valence-corrected chi connectivity index (χ1v) is 8.05. The molecule has 4 nitrogen and oxygen atoms in total. The lowest BCUT2D eigenvalue weighted by molar-refractivity contribution is 0.601. The lowest BCUT2D eigenvalue weighted by Gasteiger charge is -2.09. The molecule has 0 aliphatic heterocycles. The first-order valence-electron chi connectivity index (χ1n) is 6.19. The third-order valence-corrected chi connectivity index (χ3v) is 4.54. The summed E-state index contributed by atoms with van der Waals surface area (Å²) >= 11 is 5.55. The van der Waals surface area contributed by atoms with E-state index in [1.165, 1.54) is 24.3 Å². The molecule has 3 N–H and O–H groups in total. The van der Waals surface area contributed by atoms with Gasteiger partial charge in [0.25, 0.3) is 10.0 Å². The van der Waals surface area contributed by atoms with Crippen LogP contribution in [0.1, 0.15) is 5.56 Å². The van der Waals surface area contributed by atoms with E-state index in [0.29, 0.717) is 13.0 Å². The Hall–Kier alpha value is -1.63. The first-order chi connectivity index (χ1) is 9.92. The Morgan fingerprint density at radius 1 is 1.14 bits per heavy atom. The summed E-state index contributed by atoms with van der Waals surface area (Å²) in [5.74, 6) is -0.685.